The van der Waals surface area contributed by atoms with Crippen LogP contribution in [0, 0.1) is 0 Å². The molecule has 0 aliphatic rings. The fourth-order valence-corrected chi connectivity index (χ4v) is 3.38. The van der Waals surface area contributed by atoms with Gasteiger partial charge in [-0.2, -0.15) is 0 Å². The monoisotopic (exact) mass is 348 g/mol. The maximum Gasteiger partial charge on any atom is 0.350 e. The van der Waals surface area contributed by atoms with Crippen molar-refractivity contribution < 1.29 is 14.3 Å². The van der Waals surface area contributed by atoms with Crippen molar-refractivity contribution >= 4 is 46.3 Å². The van der Waals surface area contributed by atoms with Crippen LogP contribution in [0.15, 0.2) is 41.0 Å². The lowest BCUT2D eigenvalue weighted by molar-refractivity contribution is -0.113. The Labute approximate surface area is 139 Å². The van der Waals surface area contributed by atoms with Crippen molar-refractivity contribution in [2.24, 2.45) is 0 Å². The molecule has 118 valence electrons. The molecule has 9 heteroatoms. The van der Waals surface area contributed by atoms with Crippen LogP contribution in [0.3, 0.4) is 0 Å². The lowest BCUT2D eigenvalue weighted by atomic mass is 10.4. The summed E-state index contributed by atoms with van der Waals surface area (Å²) in [5, 5.41) is 13.1. The molecule has 3 heterocycles. The number of ether oxygens (including phenoxy) is 1. The number of aromatic nitrogens is 3. The Morgan fingerprint density at radius 1 is 1.35 bits per heavy atom. The largest absolute Gasteiger partial charge is 0.465 e. The summed E-state index contributed by atoms with van der Waals surface area (Å²) in [6.45, 7) is 0. The Morgan fingerprint density at radius 2 is 2.22 bits per heavy atom. The normalized spacial score (nSPS) is 10.7. The molecule has 3 aromatic rings. The summed E-state index contributed by atoms with van der Waals surface area (Å²) in [4.78, 5) is 24.0. The number of carbonyl (C=O) groups is 2. The van der Waals surface area contributed by atoms with Crippen molar-refractivity contribution in [2.75, 3.05) is 18.2 Å². The van der Waals surface area contributed by atoms with E-state index in [-0.39, 0.29) is 11.7 Å². The second-order valence-corrected chi connectivity index (χ2v) is 6.26. The quantitative estimate of drug-likeness (QED) is 0.562. The molecule has 0 aliphatic carbocycles. The minimum atomic E-state index is -0.466. The number of fused-ring (bicyclic) bond motifs is 1. The SMILES string of the molecule is COC(=O)c1sccc1NC(=O)CSc1nnc2ccccn12. The number of methoxy groups -OCH3 is 1. The average molecular weight is 348 g/mol. The van der Waals surface area contributed by atoms with Gasteiger partial charge in [-0.3, -0.25) is 9.20 Å². The van der Waals surface area contributed by atoms with Crippen molar-refractivity contribution in [3.8, 4) is 0 Å². The highest BCUT2D eigenvalue weighted by molar-refractivity contribution is 7.99. The minimum absolute atomic E-state index is 0.159. The van der Waals surface area contributed by atoms with Gasteiger partial charge in [-0.1, -0.05) is 17.8 Å². The highest BCUT2D eigenvalue weighted by Crippen LogP contribution is 2.24. The van der Waals surface area contributed by atoms with E-state index in [1.54, 1.807) is 11.4 Å². The van der Waals surface area contributed by atoms with Gasteiger partial charge in [0, 0.05) is 6.20 Å². The molecule has 0 bridgehead atoms. The van der Waals surface area contributed by atoms with E-state index in [9.17, 15) is 9.59 Å². The fraction of sp³-hybridized carbons (Fsp3) is 0.143. The van der Waals surface area contributed by atoms with Crippen LogP contribution in [0.1, 0.15) is 9.67 Å². The number of anilines is 1. The Kier molecular flexibility index (Phi) is 4.58. The molecular weight excluding hydrogens is 336 g/mol. The molecule has 0 saturated heterocycles. The zero-order valence-electron chi connectivity index (χ0n) is 12.1. The standard InChI is InChI=1S/C14H12N4O3S2/c1-21-13(20)12-9(5-7-22-12)15-11(19)8-23-14-17-16-10-4-2-3-6-18(10)14/h2-7H,8H2,1H3,(H,15,19). The van der Waals surface area contributed by atoms with Gasteiger partial charge in [-0.15, -0.1) is 21.5 Å². The molecule has 23 heavy (non-hydrogen) atoms. The maximum absolute atomic E-state index is 12.1. The van der Waals surface area contributed by atoms with Crippen molar-refractivity contribution in [1.82, 2.24) is 14.6 Å². The number of nitrogens with zero attached hydrogens (tertiary/aromatic N) is 3. The highest BCUT2D eigenvalue weighted by atomic mass is 32.2. The molecule has 0 unspecified atom stereocenters. The Hall–Kier alpha value is -2.39. The molecule has 3 rings (SSSR count). The van der Waals surface area contributed by atoms with Gasteiger partial charge in [0.15, 0.2) is 10.8 Å². The van der Waals surface area contributed by atoms with Crippen LogP contribution in [0.2, 0.25) is 0 Å². The van der Waals surface area contributed by atoms with Crippen molar-refractivity contribution in [1.29, 1.82) is 0 Å². The summed E-state index contributed by atoms with van der Waals surface area (Å²) in [5.74, 6) is -0.538. The van der Waals surface area contributed by atoms with Crippen LogP contribution in [0.4, 0.5) is 5.69 Å². The van der Waals surface area contributed by atoms with E-state index in [0.29, 0.717) is 15.7 Å². The molecule has 0 aromatic carbocycles. The first-order chi connectivity index (χ1) is 11.2. The Bertz CT molecular complexity index is 858. The minimum Gasteiger partial charge on any atom is -0.465 e. The van der Waals surface area contributed by atoms with E-state index < -0.39 is 5.97 Å². The van der Waals surface area contributed by atoms with Gasteiger partial charge in [0.1, 0.15) is 4.88 Å². The third-order valence-corrected chi connectivity index (χ3v) is 4.76. The number of thioether (sulfide) groups is 1. The molecule has 0 fully saturated rings. The van der Waals surface area contributed by atoms with Crippen LogP contribution in [0.25, 0.3) is 5.65 Å². The number of rotatable bonds is 5. The second kappa shape index (κ2) is 6.80. The van der Waals surface area contributed by atoms with E-state index in [1.165, 1.54) is 30.2 Å². The first kappa shape index (κ1) is 15.5. The molecule has 1 amide bonds. The zero-order chi connectivity index (χ0) is 16.2. The molecule has 1 N–H and O–H groups in total. The van der Waals surface area contributed by atoms with Gasteiger partial charge in [0.05, 0.1) is 18.6 Å². The molecule has 0 radical (unpaired) electrons. The lowest BCUT2D eigenvalue weighted by Crippen LogP contribution is -2.16. The number of nitrogens with one attached hydrogen (secondary N) is 1. The Balaban J connectivity index is 1.64. The van der Waals surface area contributed by atoms with Gasteiger partial charge in [-0.25, -0.2) is 4.79 Å². The molecule has 7 nitrogen and oxygen atoms in total. The van der Waals surface area contributed by atoms with Gasteiger partial charge in [0.25, 0.3) is 0 Å². The summed E-state index contributed by atoms with van der Waals surface area (Å²) < 4.78 is 6.49. The first-order valence-electron chi connectivity index (χ1n) is 6.57. The molecular formula is C14H12N4O3S2. The average Bonchev–Trinajstić information content (AvgIpc) is 3.19. The summed E-state index contributed by atoms with van der Waals surface area (Å²) in [6, 6.07) is 7.25. The predicted octanol–water partition coefficient (Wildman–Crippen LogP) is 2.31. The number of thiophene rings is 1. The first-order valence-corrected chi connectivity index (χ1v) is 8.44. The number of esters is 1. The van der Waals surface area contributed by atoms with Crippen LogP contribution < -0.4 is 5.32 Å². The third kappa shape index (κ3) is 3.35. The van der Waals surface area contributed by atoms with Crippen molar-refractivity contribution in [2.45, 2.75) is 5.16 Å². The van der Waals surface area contributed by atoms with Crippen LogP contribution in [-0.2, 0) is 9.53 Å². The molecule has 0 aliphatic heterocycles. The topological polar surface area (TPSA) is 85.6 Å². The Morgan fingerprint density at radius 3 is 3.04 bits per heavy atom. The van der Waals surface area contributed by atoms with E-state index in [1.807, 2.05) is 28.8 Å². The van der Waals surface area contributed by atoms with Crippen LogP contribution in [0.5, 0.6) is 0 Å². The summed E-state index contributed by atoms with van der Waals surface area (Å²) in [5.41, 5.74) is 1.18. The summed E-state index contributed by atoms with van der Waals surface area (Å²) in [7, 11) is 1.31. The summed E-state index contributed by atoms with van der Waals surface area (Å²) >= 11 is 2.49. The van der Waals surface area contributed by atoms with E-state index >= 15 is 0 Å². The van der Waals surface area contributed by atoms with E-state index in [0.717, 1.165) is 5.65 Å². The molecule has 0 saturated carbocycles. The van der Waals surface area contributed by atoms with E-state index in [4.69, 9.17) is 0 Å². The van der Waals surface area contributed by atoms with Crippen LogP contribution >= 0.6 is 23.1 Å². The maximum atomic E-state index is 12.1. The third-order valence-electron chi connectivity index (χ3n) is 2.92. The number of hydrogen-bond donors (Lipinski definition) is 1. The van der Waals surface area contributed by atoms with E-state index in [2.05, 4.69) is 20.3 Å². The van der Waals surface area contributed by atoms with Gasteiger partial charge in [0.2, 0.25) is 5.91 Å². The molecule has 3 aromatic heterocycles. The number of pyridine rings is 1. The number of hydrogen-bond acceptors (Lipinski definition) is 7. The van der Waals surface area contributed by atoms with Crippen molar-refractivity contribution in [3.63, 3.8) is 0 Å². The smallest absolute Gasteiger partial charge is 0.350 e. The lowest BCUT2D eigenvalue weighted by Gasteiger charge is -2.05. The fourth-order valence-electron chi connectivity index (χ4n) is 1.89. The van der Waals surface area contributed by atoms with Gasteiger partial charge >= 0.3 is 5.97 Å². The van der Waals surface area contributed by atoms with Crippen molar-refractivity contribution in [3.05, 3.63) is 40.7 Å². The summed E-state index contributed by atoms with van der Waals surface area (Å²) in [6.07, 6.45) is 1.84. The number of carbonyl (C=O) groups excluding carboxylic acids is 2. The molecule has 0 atom stereocenters. The highest BCUT2D eigenvalue weighted by Gasteiger charge is 2.16. The van der Waals surface area contributed by atoms with Gasteiger partial charge < -0.3 is 10.1 Å². The number of amides is 1. The van der Waals surface area contributed by atoms with Gasteiger partial charge in [-0.05, 0) is 23.6 Å². The second-order valence-electron chi connectivity index (χ2n) is 4.40. The van der Waals surface area contributed by atoms with Crippen LogP contribution in [-0.4, -0.2) is 39.3 Å². The molecule has 0 spiro atoms. The predicted molar refractivity (Wildman–Crippen MR) is 88.0 cm³/mol. The zero-order valence-corrected chi connectivity index (χ0v) is 13.7.